The second-order valence-corrected chi connectivity index (χ2v) is 5.39. The van der Waals surface area contributed by atoms with Crippen LogP contribution < -0.4 is 11.1 Å². The van der Waals surface area contributed by atoms with Crippen LogP contribution in [0, 0.1) is 19.7 Å². The third kappa shape index (κ3) is 2.96. The van der Waals surface area contributed by atoms with Crippen molar-refractivity contribution in [3.63, 3.8) is 0 Å². The van der Waals surface area contributed by atoms with E-state index in [-0.39, 0.29) is 5.56 Å². The van der Waals surface area contributed by atoms with Crippen LogP contribution in [0.25, 0.3) is 0 Å². The summed E-state index contributed by atoms with van der Waals surface area (Å²) >= 11 is 3.29. The van der Waals surface area contributed by atoms with Crippen molar-refractivity contribution in [2.45, 2.75) is 13.8 Å². The molecule has 4 nitrogen and oxygen atoms in total. The Labute approximate surface area is 124 Å². The van der Waals surface area contributed by atoms with E-state index in [0.717, 1.165) is 10.0 Å². The first-order valence-electron chi connectivity index (χ1n) is 5.87. The summed E-state index contributed by atoms with van der Waals surface area (Å²) in [6.45, 7) is 3.36. The van der Waals surface area contributed by atoms with Gasteiger partial charge in [0.05, 0.1) is 5.56 Å². The van der Waals surface area contributed by atoms with E-state index in [9.17, 15) is 9.18 Å². The van der Waals surface area contributed by atoms with Crippen molar-refractivity contribution in [1.82, 2.24) is 4.98 Å². The number of nitrogens with two attached hydrogens (primary N) is 1. The van der Waals surface area contributed by atoms with Gasteiger partial charge in [-0.3, -0.25) is 4.79 Å². The average molecular weight is 338 g/mol. The standard InChI is InChI=1S/C14H13BrFN3O/c1-7-4-10(17)5-11(12(7)16)14(20)19-13-8(2)3-9(15)6-18-13/h3-6H,17H2,1-2H3,(H,18,19,20). The van der Waals surface area contributed by atoms with E-state index >= 15 is 0 Å². The van der Waals surface area contributed by atoms with Gasteiger partial charge >= 0.3 is 0 Å². The molecule has 0 saturated heterocycles. The van der Waals surface area contributed by atoms with E-state index in [1.807, 2.05) is 6.07 Å². The molecule has 6 heteroatoms. The lowest BCUT2D eigenvalue weighted by molar-refractivity contribution is 0.102. The maximum absolute atomic E-state index is 14.0. The summed E-state index contributed by atoms with van der Waals surface area (Å²) in [5.74, 6) is -0.764. The Kier molecular flexibility index (Phi) is 4.04. The summed E-state index contributed by atoms with van der Waals surface area (Å²) in [6, 6.07) is 4.60. The zero-order valence-electron chi connectivity index (χ0n) is 11.0. The Morgan fingerprint density at radius 3 is 2.65 bits per heavy atom. The number of carbonyl (C=O) groups excluding carboxylic acids is 1. The van der Waals surface area contributed by atoms with Gasteiger partial charge in [0.25, 0.3) is 5.91 Å². The van der Waals surface area contributed by atoms with E-state index in [0.29, 0.717) is 17.1 Å². The molecule has 0 atom stereocenters. The molecule has 1 amide bonds. The largest absolute Gasteiger partial charge is 0.399 e. The molecule has 0 aliphatic rings. The molecule has 3 N–H and O–H groups in total. The summed E-state index contributed by atoms with van der Waals surface area (Å²) in [5.41, 5.74) is 6.99. The number of hydrogen-bond donors (Lipinski definition) is 2. The first-order chi connectivity index (χ1) is 9.38. The fraction of sp³-hybridized carbons (Fsp3) is 0.143. The van der Waals surface area contributed by atoms with Crippen LogP contribution in [-0.2, 0) is 0 Å². The molecule has 20 heavy (non-hydrogen) atoms. The fourth-order valence-corrected chi connectivity index (χ4v) is 2.25. The number of aromatic nitrogens is 1. The molecule has 1 aromatic carbocycles. The topological polar surface area (TPSA) is 68.0 Å². The highest BCUT2D eigenvalue weighted by Gasteiger charge is 2.16. The third-order valence-electron chi connectivity index (χ3n) is 2.80. The summed E-state index contributed by atoms with van der Waals surface area (Å²) < 4.78 is 14.8. The number of nitrogens with one attached hydrogen (secondary N) is 1. The van der Waals surface area contributed by atoms with Gasteiger partial charge in [-0.15, -0.1) is 0 Å². The molecule has 0 bridgehead atoms. The molecule has 1 aromatic heterocycles. The monoisotopic (exact) mass is 337 g/mol. The molecule has 104 valence electrons. The molecular formula is C14H13BrFN3O. The van der Waals surface area contributed by atoms with Crippen molar-refractivity contribution in [2.24, 2.45) is 0 Å². The van der Waals surface area contributed by atoms with E-state index in [2.05, 4.69) is 26.2 Å². The van der Waals surface area contributed by atoms with E-state index in [1.54, 1.807) is 20.0 Å². The number of benzene rings is 1. The predicted molar refractivity (Wildman–Crippen MR) is 80.2 cm³/mol. The van der Waals surface area contributed by atoms with Gasteiger partial charge in [0, 0.05) is 16.4 Å². The first kappa shape index (κ1) is 14.5. The molecule has 1 heterocycles. The van der Waals surface area contributed by atoms with Crippen molar-refractivity contribution in [1.29, 1.82) is 0 Å². The normalized spacial score (nSPS) is 10.4. The zero-order valence-corrected chi connectivity index (χ0v) is 12.6. The highest BCUT2D eigenvalue weighted by Crippen LogP contribution is 2.20. The zero-order chi connectivity index (χ0) is 14.9. The third-order valence-corrected chi connectivity index (χ3v) is 3.23. The number of amides is 1. The lowest BCUT2D eigenvalue weighted by Crippen LogP contribution is -2.16. The van der Waals surface area contributed by atoms with Crippen LogP contribution >= 0.6 is 15.9 Å². The molecular weight excluding hydrogens is 325 g/mol. The SMILES string of the molecule is Cc1cc(Br)cnc1NC(=O)c1cc(N)cc(C)c1F. The number of hydrogen-bond acceptors (Lipinski definition) is 3. The molecule has 0 aliphatic heterocycles. The molecule has 2 rings (SSSR count). The van der Waals surface area contributed by atoms with Crippen LogP contribution in [-0.4, -0.2) is 10.9 Å². The van der Waals surface area contributed by atoms with E-state index in [1.165, 1.54) is 12.1 Å². The lowest BCUT2D eigenvalue weighted by atomic mass is 10.1. The second kappa shape index (κ2) is 5.58. The number of halogens is 2. The highest BCUT2D eigenvalue weighted by atomic mass is 79.9. The molecule has 0 fully saturated rings. The van der Waals surface area contributed by atoms with E-state index < -0.39 is 11.7 Å². The predicted octanol–water partition coefficient (Wildman–Crippen LogP) is 3.43. The Balaban J connectivity index is 2.33. The minimum atomic E-state index is -0.577. The van der Waals surface area contributed by atoms with Crippen LogP contribution in [0.3, 0.4) is 0 Å². The summed E-state index contributed by atoms with van der Waals surface area (Å²) in [6.07, 6.45) is 1.56. The van der Waals surface area contributed by atoms with Crippen LogP contribution in [0.4, 0.5) is 15.9 Å². The number of rotatable bonds is 2. The van der Waals surface area contributed by atoms with Crippen molar-refractivity contribution >= 4 is 33.3 Å². The Morgan fingerprint density at radius 2 is 2.00 bits per heavy atom. The van der Waals surface area contributed by atoms with Crippen LogP contribution in [0.15, 0.2) is 28.9 Å². The fourth-order valence-electron chi connectivity index (χ4n) is 1.81. The van der Waals surface area contributed by atoms with Gasteiger partial charge in [0.1, 0.15) is 11.6 Å². The van der Waals surface area contributed by atoms with Gasteiger partial charge in [0.2, 0.25) is 0 Å². The molecule has 0 radical (unpaired) electrons. The van der Waals surface area contributed by atoms with Crippen LogP contribution in [0.2, 0.25) is 0 Å². The molecule has 0 aliphatic carbocycles. The Morgan fingerprint density at radius 1 is 1.30 bits per heavy atom. The minimum absolute atomic E-state index is 0.0911. The molecule has 0 unspecified atom stereocenters. The number of nitrogen functional groups attached to an aromatic ring is 1. The maximum atomic E-state index is 14.0. The van der Waals surface area contributed by atoms with Crippen molar-refractivity contribution in [3.8, 4) is 0 Å². The van der Waals surface area contributed by atoms with Gasteiger partial charge in [-0.2, -0.15) is 0 Å². The highest BCUT2D eigenvalue weighted by molar-refractivity contribution is 9.10. The number of nitrogens with zero attached hydrogens (tertiary/aromatic N) is 1. The Hall–Kier alpha value is -1.95. The lowest BCUT2D eigenvalue weighted by Gasteiger charge is -2.10. The summed E-state index contributed by atoms with van der Waals surface area (Å²) in [4.78, 5) is 16.2. The smallest absolute Gasteiger partial charge is 0.259 e. The molecule has 2 aromatic rings. The van der Waals surface area contributed by atoms with Crippen molar-refractivity contribution in [3.05, 3.63) is 51.4 Å². The van der Waals surface area contributed by atoms with Crippen molar-refractivity contribution in [2.75, 3.05) is 11.1 Å². The van der Waals surface area contributed by atoms with E-state index in [4.69, 9.17) is 5.73 Å². The van der Waals surface area contributed by atoms with Gasteiger partial charge < -0.3 is 11.1 Å². The van der Waals surface area contributed by atoms with Gasteiger partial charge in [0.15, 0.2) is 0 Å². The van der Waals surface area contributed by atoms with Gasteiger partial charge in [-0.05, 0) is 59.1 Å². The maximum Gasteiger partial charge on any atom is 0.259 e. The average Bonchev–Trinajstić information content (AvgIpc) is 2.37. The van der Waals surface area contributed by atoms with Gasteiger partial charge in [-0.1, -0.05) is 0 Å². The van der Waals surface area contributed by atoms with Crippen LogP contribution in [0.1, 0.15) is 21.5 Å². The Bertz CT molecular complexity index is 688. The number of carbonyl (C=O) groups is 1. The minimum Gasteiger partial charge on any atom is -0.399 e. The summed E-state index contributed by atoms with van der Waals surface area (Å²) in [7, 11) is 0. The number of pyridine rings is 1. The van der Waals surface area contributed by atoms with Crippen LogP contribution in [0.5, 0.6) is 0 Å². The molecule has 0 saturated carbocycles. The van der Waals surface area contributed by atoms with Gasteiger partial charge in [-0.25, -0.2) is 9.37 Å². The number of aryl methyl sites for hydroxylation is 2. The number of anilines is 2. The quantitative estimate of drug-likeness (QED) is 0.825. The summed E-state index contributed by atoms with van der Waals surface area (Å²) in [5, 5.41) is 2.58. The van der Waals surface area contributed by atoms with Crippen molar-refractivity contribution < 1.29 is 9.18 Å². The first-order valence-corrected chi connectivity index (χ1v) is 6.67. The molecule has 0 spiro atoms. The second-order valence-electron chi connectivity index (χ2n) is 4.47.